The zero-order chi connectivity index (χ0) is 10.4. The summed E-state index contributed by atoms with van der Waals surface area (Å²) >= 11 is 0. The van der Waals surface area contributed by atoms with E-state index in [0.717, 1.165) is 0 Å². The summed E-state index contributed by atoms with van der Waals surface area (Å²) in [7, 11) is 0. The molecule has 0 aromatic carbocycles. The molecule has 4 nitrogen and oxygen atoms in total. The Hall–Kier alpha value is -1.86. The van der Waals surface area contributed by atoms with E-state index in [4.69, 9.17) is 10.8 Å². The molecule has 1 aromatic rings. The molecule has 0 saturated heterocycles. The minimum Gasteiger partial charge on any atom is -0.395 e. The predicted octanol–water partition coefficient (Wildman–Crippen LogP) is -0.0856. The van der Waals surface area contributed by atoms with E-state index in [1.165, 1.54) is 6.20 Å². The monoisotopic (exact) mass is 190 g/mol. The number of aliphatic hydroxyl groups is 1. The molecule has 1 rings (SSSR count). The Morgan fingerprint density at radius 2 is 2.43 bits per heavy atom. The standard InChI is InChI=1S/C10H10N2O2/c11-10(14)8-4-3-6-12-9(8)5-1-2-7-13/h3-4,6,13H,2,7H2,(H2,11,14). The van der Waals surface area contributed by atoms with Gasteiger partial charge in [-0.05, 0) is 18.1 Å². The normalized spacial score (nSPS) is 8.93. The zero-order valence-electron chi connectivity index (χ0n) is 7.53. The van der Waals surface area contributed by atoms with Crippen LogP contribution in [0.15, 0.2) is 18.3 Å². The number of carbonyl (C=O) groups is 1. The fraction of sp³-hybridized carbons (Fsp3) is 0.200. The van der Waals surface area contributed by atoms with Gasteiger partial charge in [0.25, 0.3) is 5.91 Å². The summed E-state index contributed by atoms with van der Waals surface area (Å²) in [4.78, 5) is 14.8. The summed E-state index contributed by atoms with van der Waals surface area (Å²) < 4.78 is 0. The van der Waals surface area contributed by atoms with Crippen molar-refractivity contribution < 1.29 is 9.90 Å². The van der Waals surface area contributed by atoms with E-state index in [0.29, 0.717) is 17.7 Å². The highest BCUT2D eigenvalue weighted by atomic mass is 16.2. The van der Waals surface area contributed by atoms with Gasteiger partial charge in [-0.15, -0.1) is 0 Å². The average Bonchev–Trinajstić information content (AvgIpc) is 2.19. The van der Waals surface area contributed by atoms with Crippen LogP contribution in [0.1, 0.15) is 22.5 Å². The molecule has 0 saturated carbocycles. The smallest absolute Gasteiger partial charge is 0.251 e. The number of nitrogens with zero attached hydrogens (tertiary/aromatic N) is 1. The maximum atomic E-state index is 10.9. The minimum atomic E-state index is -0.550. The number of primary amides is 1. The van der Waals surface area contributed by atoms with Crippen LogP contribution in [0.5, 0.6) is 0 Å². The maximum absolute atomic E-state index is 10.9. The van der Waals surface area contributed by atoms with Crippen molar-refractivity contribution >= 4 is 5.91 Å². The highest BCUT2D eigenvalue weighted by molar-refractivity contribution is 5.94. The van der Waals surface area contributed by atoms with Crippen LogP contribution in [0.2, 0.25) is 0 Å². The molecule has 0 radical (unpaired) electrons. The Morgan fingerprint density at radius 3 is 3.07 bits per heavy atom. The molecule has 14 heavy (non-hydrogen) atoms. The van der Waals surface area contributed by atoms with E-state index in [2.05, 4.69) is 16.8 Å². The summed E-state index contributed by atoms with van der Waals surface area (Å²) in [6.07, 6.45) is 1.89. The Labute approximate surface area is 81.8 Å². The van der Waals surface area contributed by atoms with Crippen LogP contribution < -0.4 is 5.73 Å². The summed E-state index contributed by atoms with van der Waals surface area (Å²) in [5.41, 5.74) is 5.78. The van der Waals surface area contributed by atoms with Gasteiger partial charge in [-0.1, -0.05) is 5.92 Å². The molecule has 0 spiro atoms. The second-order valence-corrected chi connectivity index (χ2v) is 2.54. The molecule has 3 N–H and O–H groups in total. The molecule has 0 atom stereocenters. The largest absolute Gasteiger partial charge is 0.395 e. The average molecular weight is 190 g/mol. The Bertz CT molecular complexity index is 391. The zero-order valence-corrected chi connectivity index (χ0v) is 7.53. The first-order valence-electron chi connectivity index (χ1n) is 4.10. The van der Waals surface area contributed by atoms with E-state index in [9.17, 15) is 4.79 Å². The van der Waals surface area contributed by atoms with Crippen molar-refractivity contribution in [2.45, 2.75) is 6.42 Å². The third kappa shape index (κ3) is 2.57. The van der Waals surface area contributed by atoms with E-state index >= 15 is 0 Å². The molecule has 1 aromatic heterocycles. The first kappa shape index (κ1) is 10.2. The number of aliphatic hydroxyl groups excluding tert-OH is 1. The molecular weight excluding hydrogens is 180 g/mol. The van der Waals surface area contributed by atoms with Gasteiger partial charge in [-0.3, -0.25) is 4.79 Å². The number of nitrogens with two attached hydrogens (primary N) is 1. The molecule has 0 fully saturated rings. The van der Waals surface area contributed by atoms with E-state index in [1.807, 2.05) is 0 Å². The third-order valence-electron chi connectivity index (χ3n) is 1.52. The molecular formula is C10H10N2O2. The van der Waals surface area contributed by atoms with Crippen LogP contribution in [0.3, 0.4) is 0 Å². The lowest BCUT2D eigenvalue weighted by Crippen LogP contribution is -2.13. The van der Waals surface area contributed by atoms with Crippen LogP contribution in [0, 0.1) is 11.8 Å². The summed E-state index contributed by atoms with van der Waals surface area (Å²) in [5.74, 6) is 4.80. The summed E-state index contributed by atoms with van der Waals surface area (Å²) in [6, 6.07) is 3.19. The minimum absolute atomic E-state index is 0.00820. The van der Waals surface area contributed by atoms with Gasteiger partial charge in [0.05, 0.1) is 12.2 Å². The van der Waals surface area contributed by atoms with Crippen molar-refractivity contribution in [3.8, 4) is 11.8 Å². The SMILES string of the molecule is NC(=O)c1cccnc1C#CCCO. The molecule has 0 bridgehead atoms. The fourth-order valence-electron chi connectivity index (χ4n) is 0.906. The van der Waals surface area contributed by atoms with Crippen LogP contribution in [-0.2, 0) is 0 Å². The molecule has 0 unspecified atom stereocenters. The second-order valence-electron chi connectivity index (χ2n) is 2.54. The van der Waals surface area contributed by atoms with Crippen LogP contribution >= 0.6 is 0 Å². The lowest BCUT2D eigenvalue weighted by atomic mass is 10.2. The number of hydrogen-bond acceptors (Lipinski definition) is 3. The summed E-state index contributed by atoms with van der Waals surface area (Å²) in [5, 5.41) is 8.51. The van der Waals surface area contributed by atoms with E-state index < -0.39 is 5.91 Å². The first-order chi connectivity index (χ1) is 6.75. The van der Waals surface area contributed by atoms with Crippen molar-refractivity contribution in [3.05, 3.63) is 29.6 Å². The highest BCUT2D eigenvalue weighted by Gasteiger charge is 2.05. The lowest BCUT2D eigenvalue weighted by Gasteiger charge is -1.96. The second kappa shape index (κ2) is 5.00. The molecule has 1 heterocycles. The van der Waals surface area contributed by atoms with Crippen LogP contribution in [0.25, 0.3) is 0 Å². The van der Waals surface area contributed by atoms with Gasteiger partial charge in [-0.2, -0.15) is 0 Å². The number of aromatic nitrogens is 1. The van der Waals surface area contributed by atoms with E-state index in [1.54, 1.807) is 12.1 Å². The van der Waals surface area contributed by atoms with Crippen LogP contribution in [-0.4, -0.2) is 22.6 Å². The summed E-state index contributed by atoms with van der Waals surface area (Å²) in [6.45, 7) is -0.00820. The number of rotatable bonds is 2. The lowest BCUT2D eigenvalue weighted by molar-refractivity contribution is 0.0999. The molecule has 0 aliphatic carbocycles. The fourth-order valence-corrected chi connectivity index (χ4v) is 0.906. The molecule has 0 aliphatic heterocycles. The van der Waals surface area contributed by atoms with Crippen molar-refractivity contribution in [2.75, 3.05) is 6.61 Å². The maximum Gasteiger partial charge on any atom is 0.251 e. The van der Waals surface area contributed by atoms with Gasteiger partial charge < -0.3 is 10.8 Å². The molecule has 4 heteroatoms. The van der Waals surface area contributed by atoms with Crippen LogP contribution in [0.4, 0.5) is 0 Å². The number of pyridine rings is 1. The van der Waals surface area contributed by atoms with Crippen molar-refractivity contribution in [2.24, 2.45) is 5.73 Å². The highest BCUT2D eigenvalue weighted by Crippen LogP contribution is 2.02. The topological polar surface area (TPSA) is 76.2 Å². The molecule has 0 aliphatic rings. The van der Waals surface area contributed by atoms with Gasteiger partial charge in [0.1, 0.15) is 5.69 Å². The van der Waals surface area contributed by atoms with Crippen molar-refractivity contribution in [1.82, 2.24) is 4.98 Å². The molecule has 72 valence electrons. The number of hydrogen-bond donors (Lipinski definition) is 2. The third-order valence-corrected chi connectivity index (χ3v) is 1.52. The predicted molar refractivity (Wildman–Crippen MR) is 51.3 cm³/mol. The van der Waals surface area contributed by atoms with Gasteiger partial charge >= 0.3 is 0 Å². The molecule has 1 amide bonds. The Balaban J connectivity index is 2.97. The van der Waals surface area contributed by atoms with Crippen molar-refractivity contribution in [1.29, 1.82) is 0 Å². The van der Waals surface area contributed by atoms with Gasteiger partial charge in [0.15, 0.2) is 0 Å². The Morgan fingerprint density at radius 1 is 1.64 bits per heavy atom. The van der Waals surface area contributed by atoms with E-state index in [-0.39, 0.29) is 6.61 Å². The van der Waals surface area contributed by atoms with Gasteiger partial charge in [0.2, 0.25) is 0 Å². The number of amides is 1. The Kier molecular flexibility index (Phi) is 3.65. The van der Waals surface area contributed by atoms with Crippen molar-refractivity contribution in [3.63, 3.8) is 0 Å². The van der Waals surface area contributed by atoms with Gasteiger partial charge in [0, 0.05) is 12.6 Å². The number of carbonyl (C=O) groups excluding carboxylic acids is 1. The first-order valence-corrected chi connectivity index (χ1v) is 4.10. The quantitative estimate of drug-likeness (QED) is 0.640. The van der Waals surface area contributed by atoms with Gasteiger partial charge in [-0.25, -0.2) is 4.98 Å².